The topological polar surface area (TPSA) is 85.2 Å². The molecule has 0 unspecified atom stereocenters. The number of aliphatic hydroxyl groups excluding tert-OH is 2. The molecule has 6 nitrogen and oxygen atoms in total. The van der Waals surface area contributed by atoms with E-state index in [0.29, 0.717) is 11.3 Å². The van der Waals surface area contributed by atoms with Crippen molar-refractivity contribution in [3.05, 3.63) is 24.3 Å². The molecule has 0 aromatic rings. The first kappa shape index (κ1) is 25.4. The van der Waals surface area contributed by atoms with Gasteiger partial charge in [-0.1, -0.05) is 31.6 Å². The number of ether oxygens (including phenoxy) is 3. The Kier molecular flexibility index (Phi) is 6.74. The molecule has 5 aliphatic rings. The molecular formula is C29H44O6. The van der Waals surface area contributed by atoms with E-state index in [0.717, 1.165) is 43.4 Å². The third-order valence-electron chi connectivity index (χ3n) is 10.8. The summed E-state index contributed by atoms with van der Waals surface area (Å²) >= 11 is 0. The molecule has 5 rings (SSSR count). The van der Waals surface area contributed by atoms with Crippen molar-refractivity contribution in [2.75, 3.05) is 0 Å². The van der Waals surface area contributed by atoms with Crippen molar-refractivity contribution in [2.24, 2.45) is 34.5 Å². The van der Waals surface area contributed by atoms with Crippen LogP contribution >= 0.6 is 0 Å². The summed E-state index contributed by atoms with van der Waals surface area (Å²) in [7, 11) is 0. The van der Waals surface area contributed by atoms with Crippen molar-refractivity contribution in [1.82, 2.24) is 0 Å². The fraction of sp³-hybridized carbons (Fsp3) is 0.828. The van der Waals surface area contributed by atoms with Crippen molar-refractivity contribution in [2.45, 2.75) is 116 Å². The van der Waals surface area contributed by atoms with Gasteiger partial charge in [0.2, 0.25) is 0 Å². The fourth-order valence-corrected chi connectivity index (χ4v) is 8.83. The number of fused-ring (bicyclic) bond motifs is 5. The number of esters is 1. The van der Waals surface area contributed by atoms with Crippen molar-refractivity contribution in [3.8, 4) is 0 Å². The van der Waals surface area contributed by atoms with Gasteiger partial charge in [-0.05, 0) is 92.8 Å². The summed E-state index contributed by atoms with van der Waals surface area (Å²) in [5.41, 5.74) is 2.14. The SMILES string of the molecule is C=C[C@H]1CC[C@H]2[C@@H]3CC=C4C[C@@H](O[C@@H]5O[C@@H](C)[C@@H](OC(C)=O)[C@@H](O)[C@@H]5O)CC[C@]4(C)[C@H]3CC[C@]12C. The standard InChI is InChI=1S/C29H44O6/c1-6-18-8-10-22-21-9-7-19-15-20(11-13-29(19,5)23(21)12-14-28(18,22)4)35-27-25(32)24(31)26(16(2)33-27)34-17(3)30/h6-7,16,18,20-27,31-32H,1,8-15H2,2-5H3/t16-,18-,20-,21-,22-,23-,24-,25-,26+,27-,28+,29-/m0/s1. The number of carbonyl (C=O) groups is 1. The number of carbonyl (C=O) groups excluding carboxylic acids is 1. The van der Waals surface area contributed by atoms with E-state index in [1.165, 1.54) is 38.2 Å². The van der Waals surface area contributed by atoms with E-state index in [1.807, 2.05) is 0 Å². The quantitative estimate of drug-likeness (QED) is 0.447. The zero-order chi connectivity index (χ0) is 25.1. The van der Waals surface area contributed by atoms with Crippen molar-refractivity contribution >= 4 is 5.97 Å². The fourth-order valence-electron chi connectivity index (χ4n) is 8.83. The molecule has 3 saturated carbocycles. The lowest BCUT2D eigenvalue weighted by Gasteiger charge is -2.58. The summed E-state index contributed by atoms with van der Waals surface area (Å²) in [4.78, 5) is 11.4. The Bertz CT molecular complexity index is 869. The molecule has 0 aromatic carbocycles. The van der Waals surface area contributed by atoms with Gasteiger partial charge in [0.15, 0.2) is 12.4 Å². The van der Waals surface area contributed by atoms with Crippen molar-refractivity contribution in [1.29, 1.82) is 0 Å². The minimum atomic E-state index is -1.26. The average molecular weight is 489 g/mol. The Morgan fingerprint density at radius 3 is 2.63 bits per heavy atom. The number of hydrogen-bond donors (Lipinski definition) is 2. The Labute approximate surface area is 210 Å². The molecule has 0 amide bonds. The molecule has 12 atom stereocenters. The number of aliphatic hydroxyl groups is 2. The predicted octanol–water partition coefficient (Wildman–Crippen LogP) is 4.53. The van der Waals surface area contributed by atoms with E-state index in [-0.39, 0.29) is 11.5 Å². The van der Waals surface area contributed by atoms with Crippen LogP contribution in [-0.2, 0) is 19.0 Å². The van der Waals surface area contributed by atoms with Crippen LogP contribution < -0.4 is 0 Å². The summed E-state index contributed by atoms with van der Waals surface area (Å²) < 4.78 is 17.3. The molecule has 196 valence electrons. The first-order valence-electron chi connectivity index (χ1n) is 13.7. The summed E-state index contributed by atoms with van der Waals surface area (Å²) in [6.07, 6.45) is 9.04. The van der Waals surface area contributed by atoms with Crippen LogP contribution in [0.1, 0.15) is 79.1 Å². The zero-order valence-corrected chi connectivity index (χ0v) is 21.8. The molecule has 4 aliphatic carbocycles. The van der Waals surface area contributed by atoms with Gasteiger partial charge in [0.1, 0.15) is 12.2 Å². The van der Waals surface area contributed by atoms with Gasteiger partial charge in [-0.15, -0.1) is 6.58 Å². The molecular weight excluding hydrogens is 444 g/mol. The maximum Gasteiger partial charge on any atom is 0.303 e. The van der Waals surface area contributed by atoms with Gasteiger partial charge in [0, 0.05) is 6.92 Å². The maximum absolute atomic E-state index is 11.4. The molecule has 2 N–H and O–H groups in total. The van der Waals surface area contributed by atoms with Crippen LogP contribution in [0.15, 0.2) is 24.3 Å². The summed E-state index contributed by atoms with van der Waals surface area (Å²) in [5, 5.41) is 21.2. The van der Waals surface area contributed by atoms with E-state index in [2.05, 4.69) is 32.6 Å². The Hall–Kier alpha value is -1.21. The summed E-state index contributed by atoms with van der Waals surface area (Å²) in [6.45, 7) is 12.2. The third-order valence-corrected chi connectivity index (χ3v) is 10.8. The minimum absolute atomic E-state index is 0.0549. The highest BCUT2D eigenvalue weighted by molar-refractivity contribution is 5.66. The Balaban J connectivity index is 1.26. The monoisotopic (exact) mass is 488 g/mol. The minimum Gasteiger partial charge on any atom is -0.457 e. The van der Waals surface area contributed by atoms with Gasteiger partial charge < -0.3 is 24.4 Å². The zero-order valence-electron chi connectivity index (χ0n) is 21.8. The molecule has 0 aromatic heterocycles. The van der Waals surface area contributed by atoms with Crippen LogP contribution in [0.5, 0.6) is 0 Å². The largest absolute Gasteiger partial charge is 0.457 e. The lowest BCUT2D eigenvalue weighted by atomic mass is 9.47. The highest BCUT2D eigenvalue weighted by Crippen LogP contribution is 2.66. The number of rotatable bonds is 4. The van der Waals surface area contributed by atoms with Crippen LogP contribution in [0.3, 0.4) is 0 Å². The van der Waals surface area contributed by atoms with Crippen molar-refractivity contribution in [3.63, 3.8) is 0 Å². The maximum atomic E-state index is 11.4. The highest BCUT2D eigenvalue weighted by Gasteiger charge is 2.58. The third kappa shape index (κ3) is 4.13. The molecule has 1 heterocycles. The predicted molar refractivity (Wildman–Crippen MR) is 132 cm³/mol. The smallest absolute Gasteiger partial charge is 0.303 e. The number of allylic oxidation sites excluding steroid dienone is 2. The van der Waals surface area contributed by atoms with E-state index < -0.39 is 36.7 Å². The van der Waals surface area contributed by atoms with E-state index >= 15 is 0 Å². The van der Waals surface area contributed by atoms with Crippen molar-refractivity contribution < 1.29 is 29.2 Å². The average Bonchev–Trinajstić information content (AvgIpc) is 3.16. The highest BCUT2D eigenvalue weighted by atomic mass is 16.7. The van der Waals surface area contributed by atoms with Gasteiger partial charge in [0.05, 0.1) is 12.2 Å². The van der Waals surface area contributed by atoms with Crippen LogP contribution in [0, 0.1) is 34.5 Å². The lowest BCUT2D eigenvalue weighted by molar-refractivity contribution is -0.307. The van der Waals surface area contributed by atoms with Crippen LogP contribution in [0.2, 0.25) is 0 Å². The first-order valence-corrected chi connectivity index (χ1v) is 13.7. The van der Waals surface area contributed by atoms with Gasteiger partial charge in [-0.2, -0.15) is 0 Å². The normalized spacial score (nSPS) is 51.4. The molecule has 1 aliphatic heterocycles. The van der Waals surface area contributed by atoms with Crippen LogP contribution in [-0.4, -0.2) is 53.0 Å². The molecule has 35 heavy (non-hydrogen) atoms. The molecule has 0 radical (unpaired) electrons. The van der Waals surface area contributed by atoms with Crippen LogP contribution in [0.25, 0.3) is 0 Å². The molecule has 0 spiro atoms. The van der Waals surface area contributed by atoms with Crippen LogP contribution in [0.4, 0.5) is 0 Å². The van der Waals surface area contributed by atoms with E-state index in [9.17, 15) is 15.0 Å². The summed E-state index contributed by atoms with van der Waals surface area (Å²) in [6, 6.07) is 0. The van der Waals surface area contributed by atoms with Gasteiger partial charge in [-0.3, -0.25) is 4.79 Å². The lowest BCUT2D eigenvalue weighted by Crippen LogP contribution is -2.59. The molecule has 6 heteroatoms. The second-order valence-electron chi connectivity index (χ2n) is 12.5. The van der Waals surface area contributed by atoms with Gasteiger partial charge in [-0.25, -0.2) is 0 Å². The van der Waals surface area contributed by atoms with Gasteiger partial charge in [0.25, 0.3) is 0 Å². The second kappa shape index (κ2) is 9.27. The Morgan fingerprint density at radius 1 is 1.14 bits per heavy atom. The molecule has 1 saturated heterocycles. The second-order valence-corrected chi connectivity index (χ2v) is 12.5. The first-order chi connectivity index (χ1) is 16.6. The van der Waals surface area contributed by atoms with E-state index in [4.69, 9.17) is 14.2 Å². The Morgan fingerprint density at radius 2 is 1.91 bits per heavy atom. The molecule has 0 bridgehead atoms. The molecule has 4 fully saturated rings. The van der Waals surface area contributed by atoms with E-state index in [1.54, 1.807) is 6.92 Å². The summed E-state index contributed by atoms with van der Waals surface area (Å²) in [5.74, 6) is 2.45. The van der Waals surface area contributed by atoms with Gasteiger partial charge >= 0.3 is 5.97 Å². The number of hydrogen-bond acceptors (Lipinski definition) is 6.